The SMILES string of the molecule is CC1CCN(C(=O)NC2CCCCC2O)CC1. The summed E-state index contributed by atoms with van der Waals surface area (Å²) in [6.07, 6.45) is 5.77. The molecule has 98 valence electrons. The van der Waals surface area contributed by atoms with Crippen molar-refractivity contribution in [1.82, 2.24) is 10.2 Å². The van der Waals surface area contributed by atoms with E-state index in [9.17, 15) is 9.90 Å². The molecule has 2 amide bonds. The molecule has 1 saturated heterocycles. The van der Waals surface area contributed by atoms with Crippen LogP contribution in [0.3, 0.4) is 0 Å². The van der Waals surface area contributed by atoms with Crippen molar-refractivity contribution in [1.29, 1.82) is 0 Å². The second-order valence-electron chi connectivity index (χ2n) is 5.58. The van der Waals surface area contributed by atoms with Crippen LogP contribution in [0.2, 0.25) is 0 Å². The number of rotatable bonds is 1. The second-order valence-corrected chi connectivity index (χ2v) is 5.58. The van der Waals surface area contributed by atoms with Crippen molar-refractivity contribution < 1.29 is 9.90 Å². The summed E-state index contributed by atoms with van der Waals surface area (Å²) in [5.41, 5.74) is 0. The highest BCUT2D eigenvalue weighted by molar-refractivity contribution is 5.74. The maximum atomic E-state index is 12.0. The third-order valence-electron chi connectivity index (χ3n) is 4.11. The van der Waals surface area contributed by atoms with E-state index in [0.29, 0.717) is 0 Å². The standard InChI is InChI=1S/C13H24N2O2/c1-10-6-8-15(9-7-10)13(17)14-11-4-2-3-5-12(11)16/h10-12,16H,2-9H2,1H3,(H,14,17). The minimum absolute atomic E-state index is 0.0165. The molecular weight excluding hydrogens is 216 g/mol. The van der Waals surface area contributed by atoms with Gasteiger partial charge in [-0.2, -0.15) is 0 Å². The van der Waals surface area contributed by atoms with E-state index in [4.69, 9.17) is 0 Å². The molecule has 2 aliphatic rings. The van der Waals surface area contributed by atoms with Crippen LogP contribution >= 0.6 is 0 Å². The largest absolute Gasteiger partial charge is 0.391 e. The number of aliphatic hydroxyl groups is 1. The fourth-order valence-corrected chi connectivity index (χ4v) is 2.74. The molecule has 2 rings (SSSR count). The van der Waals surface area contributed by atoms with Crippen LogP contribution in [-0.4, -0.2) is 41.3 Å². The Labute approximate surface area is 103 Å². The van der Waals surface area contributed by atoms with Crippen molar-refractivity contribution >= 4 is 6.03 Å². The van der Waals surface area contributed by atoms with Crippen molar-refractivity contribution in [3.63, 3.8) is 0 Å². The molecule has 0 aromatic carbocycles. The zero-order valence-electron chi connectivity index (χ0n) is 10.7. The second kappa shape index (κ2) is 5.71. The molecule has 2 atom stereocenters. The smallest absolute Gasteiger partial charge is 0.317 e. The Balaban J connectivity index is 1.79. The number of hydrogen-bond acceptors (Lipinski definition) is 2. The Morgan fingerprint density at radius 1 is 1.18 bits per heavy atom. The Kier molecular flexibility index (Phi) is 4.26. The molecule has 2 fully saturated rings. The lowest BCUT2D eigenvalue weighted by molar-refractivity contribution is 0.0878. The van der Waals surface area contributed by atoms with E-state index >= 15 is 0 Å². The van der Waals surface area contributed by atoms with Crippen LogP contribution in [0, 0.1) is 5.92 Å². The minimum atomic E-state index is -0.351. The summed E-state index contributed by atoms with van der Waals surface area (Å²) in [5, 5.41) is 12.8. The fourth-order valence-electron chi connectivity index (χ4n) is 2.74. The van der Waals surface area contributed by atoms with E-state index in [1.54, 1.807) is 0 Å². The van der Waals surface area contributed by atoms with Gasteiger partial charge in [-0.25, -0.2) is 4.79 Å². The van der Waals surface area contributed by atoms with Crippen LogP contribution in [0.4, 0.5) is 4.79 Å². The minimum Gasteiger partial charge on any atom is -0.391 e. The van der Waals surface area contributed by atoms with Gasteiger partial charge in [0, 0.05) is 13.1 Å². The van der Waals surface area contributed by atoms with Crippen LogP contribution in [-0.2, 0) is 0 Å². The topological polar surface area (TPSA) is 52.6 Å². The molecule has 4 nitrogen and oxygen atoms in total. The predicted molar refractivity (Wildman–Crippen MR) is 66.8 cm³/mol. The van der Waals surface area contributed by atoms with E-state index in [1.807, 2.05) is 4.90 Å². The summed E-state index contributed by atoms with van der Waals surface area (Å²) >= 11 is 0. The molecular formula is C13H24N2O2. The van der Waals surface area contributed by atoms with Crippen LogP contribution in [0.1, 0.15) is 45.4 Å². The molecule has 17 heavy (non-hydrogen) atoms. The van der Waals surface area contributed by atoms with Gasteiger partial charge < -0.3 is 15.3 Å². The Morgan fingerprint density at radius 2 is 1.82 bits per heavy atom. The first kappa shape index (κ1) is 12.7. The summed E-state index contributed by atoms with van der Waals surface area (Å²) in [6, 6.07) is -0.0153. The number of nitrogens with zero attached hydrogens (tertiary/aromatic N) is 1. The number of carbonyl (C=O) groups is 1. The van der Waals surface area contributed by atoms with Crippen LogP contribution in [0.25, 0.3) is 0 Å². The van der Waals surface area contributed by atoms with Gasteiger partial charge in [0.15, 0.2) is 0 Å². The average Bonchev–Trinajstić information content (AvgIpc) is 2.33. The van der Waals surface area contributed by atoms with Gasteiger partial charge in [-0.15, -0.1) is 0 Å². The maximum Gasteiger partial charge on any atom is 0.317 e. The Bertz CT molecular complexity index is 262. The van der Waals surface area contributed by atoms with Crippen molar-refractivity contribution in [3.05, 3.63) is 0 Å². The summed E-state index contributed by atoms with van der Waals surface area (Å²) in [7, 11) is 0. The van der Waals surface area contributed by atoms with Gasteiger partial charge >= 0.3 is 6.03 Å². The lowest BCUT2D eigenvalue weighted by atomic mass is 9.92. The summed E-state index contributed by atoms with van der Waals surface area (Å²) < 4.78 is 0. The number of carbonyl (C=O) groups excluding carboxylic acids is 1. The number of aliphatic hydroxyl groups excluding tert-OH is 1. The van der Waals surface area contributed by atoms with E-state index in [2.05, 4.69) is 12.2 Å². The molecule has 1 heterocycles. The van der Waals surface area contributed by atoms with E-state index < -0.39 is 0 Å². The van der Waals surface area contributed by atoms with Gasteiger partial charge in [0.1, 0.15) is 0 Å². The van der Waals surface area contributed by atoms with Crippen molar-refractivity contribution in [3.8, 4) is 0 Å². The van der Waals surface area contributed by atoms with Gasteiger partial charge in [-0.3, -0.25) is 0 Å². The first-order valence-electron chi connectivity index (χ1n) is 6.90. The number of nitrogens with one attached hydrogen (secondary N) is 1. The van der Waals surface area contributed by atoms with Gasteiger partial charge in [0.25, 0.3) is 0 Å². The van der Waals surface area contributed by atoms with Crippen molar-refractivity contribution in [2.24, 2.45) is 5.92 Å². The molecule has 0 spiro atoms. The number of amides is 2. The fraction of sp³-hybridized carbons (Fsp3) is 0.923. The first-order valence-corrected chi connectivity index (χ1v) is 6.90. The van der Waals surface area contributed by atoms with E-state index in [-0.39, 0.29) is 18.2 Å². The molecule has 0 aromatic heterocycles. The van der Waals surface area contributed by atoms with E-state index in [1.165, 1.54) is 0 Å². The molecule has 1 aliphatic carbocycles. The molecule has 4 heteroatoms. The molecule has 2 unspecified atom stereocenters. The zero-order chi connectivity index (χ0) is 12.3. The number of hydrogen-bond donors (Lipinski definition) is 2. The van der Waals surface area contributed by atoms with Crippen molar-refractivity contribution in [2.45, 2.75) is 57.6 Å². The quantitative estimate of drug-likeness (QED) is 0.733. The number of piperidine rings is 1. The molecule has 0 radical (unpaired) electrons. The molecule has 2 N–H and O–H groups in total. The van der Waals surface area contributed by atoms with Crippen molar-refractivity contribution in [2.75, 3.05) is 13.1 Å². The molecule has 1 saturated carbocycles. The molecule has 1 aliphatic heterocycles. The third kappa shape index (κ3) is 3.35. The van der Waals surface area contributed by atoms with E-state index in [0.717, 1.165) is 57.5 Å². The number of urea groups is 1. The Hall–Kier alpha value is -0.770. The highest BCUT2D eigenvalue weighted by atomic mass is 16.3. The highest BCUT2D eigenvalue weighted by Gasteiger charge is 2.27. The molecule has 0 bridgehead atoms. The lowest BCUT2D eigenvalue weighted by Crippen LogP contribution is -2.51. The van der Waals surface area contributed by atoms with Crippen LogP contribution in [0.5, 0.6) is 0 Å². The summed E-state index contributed by atoms with van der Waals surface area (Å²) in [6.45, 7) is 3.95. The summed E-state index contributed by atoms with van der Waals surface area (Å²) in [5.74, 6) is 0.735. The van der Waals surface area contributed by atoms with Gasteiger partial charge in [-0.05, 0) is 31.6 Å². The monoisotopic (exact) mass is 240 g/mol. The Morgan fingerprint density at radius 3 is 2.47 bits per heavy atom. The number of likely N-dealkylation sites (tertiary alicyclic amines) is 1. The van der Waals surface area contributed by atoms with Crippen LogP contribution < -0.4 is 5.32 Å². The maximum absolute atomic E-state index is 12.0. The van der Waals surface area contributed by atoms with Gasteiger partial charge in [0.2, 0.25) is 0 Å². The van der Waals surface area contributed by atoms with Crippen LogP contribution in [0.15, 0.2) is 0 Å². The highest BCUT2D eigenvalue weighted by Crippen LogP contribution is 2.20. The average molecular weight is 240 g/mol. The normalized spacial score (nSPS) is 31.3. The lowest BCUT2D eigenvalue weighted by Gasteiger charge is -2.34. The van der Waals surface area contributed by atoms with Gasteiger partial charge in [-0.1, -0.05) is 19.8 Å². The summed E-state index contributed by atoms with van der Waals surface area (Å²) in [4.78, 5) is 13.9. The third-order valence-corrected chi connectivity index (χ3v) is 4.11. The predicted octanol–water partition coefficient (Wildman–Crippen LogP) is 1.73. The zero-order valence-corrected chi connectivity index (χ0v) is 10.7. The van der Waals surface area contributed by atoms with Gasteiger partial charge in [0.05, 0.1) is 12.1 Å². The molecule has 0 aromatic rings. The first-order chi connectivity index (χ1) is 8.16.